The van der Waals surface area contributed by atoms with Gasteiger partial charge in [0, 0.05) is 12.5 Å². The molecule has 0 aromatic carbocycles. The van der Waals surface area contributed by atoms with Gasteiger partial charge in [0.15, 0.2) is 0 Å². The second-order valence-corrected chi connectivity index (χ2v) is 4.81. The molecule has 0 aliphatic heterocycles. The molecule has 3 nitrogen and oxygen atoms in total. The number of likely N-dealkylation sites (N-methyl/N-ethyl adjacent to an activating group) is 1. The lowest BCUT2D eigenvalue weighted by Crippen LogP contribution is -2.39. The van der Waals surface area contributed by atoms with Crippen LogP contribution >= 0.6 is 0 Å². The summed E-state index contributed by atoms with van der Waals surface area (Å²) < 4.78 is 0. The summed E-state index contributed by atoms with van der Waals surface area (Å²) in [6, 6.07) is 0. The minimum Gasteiger partial charge on any atom is -0.393 e. The average Bonchev–Trinajstić information content (AvgIpc) is 2.01. The van der Waals surface area contributed by atoms with E-state index in [0.717, 1.165) is 19.4 Å². The van der Waals surface area contributed by atoms with Gasteiger partial charge in [-0.05, 0) is 25.8 Å². The van der Waals surface area contributed by atoms with Crippen LogP contribution in [0, 0.1) is 11.8 Å². The van der Waals surface area contributed by atoms with Gasteiger partial charge in [0.05, 0.1) is 12.6 Å². The number of hydrogen-bond acceptors (Lipinski definition) is 3. The van der Waals surface area contributed by atoms with Crippen molar-refractivity contribution in [3.63, 3.8) is 0 Å². The number of carbonyl (C=O) groups excluding carboxylic acids is 1. The van der Waals surface area contributed by atoms with E-state index in [1.807, 2.05) is 20.9 Å². The van der Waals surface area contributed by atoms with Crippen molar-refractivity contribution in [1.29, 1.82) is 0 Å². The number of ketones is 1. The van der Waals surface area contributed by atoms with Crippen LogP contribution in [-0.4, -0.2) is 42.0 Å². The van der Waals surface area contributed by atoms with Crippen molar-refractivity contribution in [2.75, 3.05) is 20.1 Å². The number of hydrogen-bond donors (Lipinski definition) is 1. The molecular weight excluding hydrogens is 178 g/mol. The molecule has 0 amide bonds. The van der Waals surface area contributed by atoms with Crippen molar-refractivity contribution in [3.8, 4) is 0 Å². The molecular formula is C11H21NO2. The first kappa shape index (κ1) is 11.7. The minimum atomic E-state index is -0.0887. The normalized spacial score (nSPS) is 26.7. The lowest BCUT2D eigenvalue weighted by Gasteiger charge is -2.34. The summed E-state index contributed by atoms with van der Waals surface area (Å²) in [6.45, 7) is 5.35. The number of carbonyl (C=O) groups is 1. The Kier molecular flexibility index (Phi) is 4.08. The predicted molar refractivity (Wildman–Crippen MR) is 56.1 cm³/mol. The van der Waals surface area contributed by atoms with Gasteiger partial charge in [0.1, 0.15) is 5.78 Å². The number of nitrogens with zero attached hydrogens (tertiary/aromatic N) is 1. The molecule has 0 unspecified atom stereocenters. The molecule has 0 bridgehead atoms. The average molecular weight is 199 g/mol. The number of aliphatic hydroxyl groups is 1. The third-order valence-corrected chi connectivity index (χ3v) is 2.85. The first-order valence-electron chi connectivity index (χ1n) is 5.38. The highest BCUT2D eigenvalue weighted by Gasteiger charge is 2.28. The van der Waals surface area contributed by atoms with E-state index in [2.05, 4.69) is 4.90 Å². The number of Topliss-reactive ketones (excluding diaryl/α,β-unsaturated/α-hetero) is 1. The van der Waals surface area contributed by atoms with Crippen LogP contribution in [0.3, 0.4) is 0 Å². The van der Waals surface area contributed by atoms with Crippen LogP contribution in [0.25, 0.3) is 0 Å². The third kappa shape index (κ3) is 3.39. The zero-order valence-electron chi connectivity index (χ0n) is 9.36. The maximum Gasteiger partial charge on any atom is 0.149 e. The molecule has 1 saturated carbocycles. The van der Waals surface area contributed by atoms with E-state index < -0.39 is 0 Å². The Morgan fingerprint density at radius 2 is 2.07 bits per heavy atom. The van der Waals surface area contributed by atoms with E-state index in [-0.39, 0.29) is 12.0 Å². The van der Waals surface area contributed by atoms with E-state index in [4.69, 9.17) is 5.11 Å². The molecule has 0 atom stereocenters. The molecule has 1 fully saturated rings. The maximum absolute atomic E-state index is 11.4. The van der Waals surface area contributed by atoms with Gasteiger partial charge in [0.2, 0.25) is 0 Å². The molecule has 0 saturated heterocycles. The Labute approximate surface area is 86.1 Å². The van der Waals surface area contributed by atoms with Crippen molar-refractivity contribution >= 4 is 5.78 Å². The fraction of sp³-hybridized carbons (Fsp3) is 0.909. The summed E-state index contributed by atoms with van der Waals surface area (Å²) >= 11 is 0. The second kappa shape index (κ2) is 4.89. The summed E-state index contributed by atoms with van der Waals surface area (Å²) in [7, 11) is 1.98. The topological polar surface area (TPSA) is 40.5 Å². The maximum atomic E-state index is 11.4. The van der Waals surface area contributed by atoms with E-state index in [0.29, 0.717) is 18.2 Å². The van der Waals surface area contributed by atoms with Gasteiger partial charge in [-0.3, -0.25) is 9.69 Å². The fourth-order valence-electron chi connectivity index (χ4n) is 1.80. The summed E-state index contributed by atoms with van der Waals surface area (Å²) in [4.78, 5) is 13.5. The SMILES string of the molecule is CC(C)C(=O)CN(C)CC1CC(O)C1. The third-order valence-electron chi connectivity index (χ3n) is 2.85. The standard InChI is InChI=1S/C11H21NO2/c1-8(2)11(14)7-12(3)6-9-4-10(13)5-9/h8-10,13H,4-7H2,1-3H3. The van der Waals surface area contributed by atoms with Crippen LogP contribution < -0.4 is 0 Å². The zero-order valence-corrected chi connectivity index (χ0v) is 9.36. The van der Waals surface area contributed by atoms with Crippen LogP contribution in [0.1, 0.15) is 26.7 Å². The van der Waals surface area contributed by atoms with Crippen molar-refractivity contribution in [2.45, 2.75) is 32.8 Å². The van der Waals surface area contributed by atoms with E-state index in [9.17, 15) is 4.79 Å². The molecule has 1 N–H and O–H groups in total. The molecule has 82 valence electrons. The summed E-state index contributed by atoms with van der Waals surface area (Å²) in [6.07, 6.45) is 1.72. The van der Waals surface area contributed by atoms with Gasteiger partial charge in [-0.15, -0.1) is 0 Å². The summed E-state index contributed by atoms with van der Waals surface area (Å²) in [5.41, 5.74) is 0. The van der Waals surface area contributed by atoms with Gasteiger partial charge in [0.25, 0.3) is 0 Å². The fourth-order valence-corrected chi connectivity index (χ4v) is 1.80. The molecule has 14 heavy (non-hydrogen) atoms. The monoisotopic (exact) mass is 199 g/mol. The summed E-state index contributed by atoms with van der Waals surface area (Å²) in [5.74, 6) is 1.02. The molecule has 0 heterocycles. The Balaban J connectivity index is 2.16. The van der Waals surface area contributed by atoms with Crippen LogP contribution in [-0.2, 0) is 4.79 Å². The van der Waals surface area contributed by atoms with Crippen molar-refractivity contribution < 1.29 is 9.90 Å². The van der Waals surface area contributed by atoms with Gasteiger partial charge in [-0.2, -0.15) is 0 Å². The highest BCUT2D eigenvalue weighted by molar-refractivity contribution is 5.82. The molecule has 3 heteroatoms. The molecule has 0 spiro atoms. The van der Waals surface area contributed by atoms with Gasteiger partial charge < -0.3 is 5.11 Å². The highest BCUT2D eigenvalue weighted by Crippen LogP contribution is 2.27. The molecule has 1 aliphatic rings. The van der Waals surface area contributed by atoms with Crippen molar-refractivity contribution in [2.24, 2.45) is 11.8 Å². The zero-order chi connectivity index (χ0) is 10.7. The molecule has 0 radical (unpaired) electrons. The molecule has 0 aromatic heterocycles. The van der Waals surface area contributed by atoms with E-state index >= 15 is 0 Å². The van der Waals surface area contributed by atoms with Crippen molar-refractivity contribution in [1.82, 2.24) is 4.90 Å². The quantitative estimate of drug-likeness (QED) is 0.715. The first-order chi connectivity index (χ1) is 6.49. The highest BCUT2D eigenvalue weighted by atomic mass is 16.3. The molecule has 0 aromatic rings. The minimum absolute atomic E-state index is 0.0887. The number of rotatable bonds is 5. The van der Waals surface area contributed by atoms with Crippen LogP contribution in [0.4, 0.5) is 0 Å². The van der Waals surface area contributed by atoms with Crippen LogP contribution in [0.15, 0.2) is 0 Å². The molecule has 1 aliphatic carbocycles. The lowest BCUT2D eigenvalue weighted by atomic mass is 9.82. The second-order valence-electron chi connectivity index (χ2n) is 4.81. The number of aliphatic hydroxyl groups excluding tert-OH is 1. The van der Waals surface area contributed by atoms with Gasteiger partial charge >= 0.3 is 0 Å². The van der Waals surface area contributed by atoms with E-state index in [1.165, 1.54) is 0 Å². The molecule has 1 rings (SSSR count). The van der Waals surface area contributed by atoms with Crippen molar-refractivity contribution in [3.05, 3.63) is 0 Å². The smallest absolute Gasteiger partial charge is 0.149 e. The summed E-state index contributed by atoms with van der Waals surface area (Å²) in [5, 5.41) is 9.12. The largest absolute Gasteiger partial charge is 0.393 e. The Hall–Kier alpha value is -0.410. The predicted octanol–water partition coefficient (Wildman–Crippen LogP) is 0.914. The van der Waals surface area contributed by atoms with Crippen LogP contribution in [0.5, 0.6) is 0 Å². The Morgan fingerprint density at radius 1 is 1.50 bits per heavy atom. The Morgan fingerprint density at radius 3 is 2.50 bits per heavy atom. The Bertz CT molecular complexity index is 197. The van der Waals surface area contributed by atoms with E-state index in [1.54, 1.807) is 0 Å². The van der Waals surface area contributed by atoms with Gasteiger partial charge in [-0.25, -0.2) is 0 Å². The first-order valence-corrected chi connectivity index (χ1v) is 5.38. The lowest BCUT2D eigenvalue weighted by molar-refractivity contribution is -0.123. The van der Waals surface area contributed by atoms with Gasteiger partial charge in [-0.1, -0.05) is 13.8 Å². The van der Waals surface area contributed by atoms with Crippen LogP contribution in [0.2, 0.25) is 0 Å².